The van der Waals surface area contributed by atoms with Gasteiger partial charge in [0.25, 0.3) is 10.0 Å². The molecular weight excluding hydrogens is 420 g/mol. The largest absolute Gasteiger partial charge is 0.369 e. The molecule has 0 aliphatic heterocycles. The summed E-state index contributed by atoms with van der Waals surface area (Å²) in [5.41, 5.74) is 5.84. The second-order valence-electron chi connectivity index (χ2n) is 6.33. The number of benzene rings is 1. The highest BCUT2D eigenvalue weighted by atomic mass is 35.5. The first-order valence-electron chi connectivity index (χ1n) is 8.81. The van der Waals surface area contributed by atoms with Gasteiger partial charge in [-0.25, -0.2) is 18.1 Å². The summed E-state index contributed by atoms with van der Waals surface area (Å²) in [6.07, 6.45) is 2.40. The Labute approximate surface area is 173 Å². The minimum Gasteiger partial charge on any atom is -0.369 e. The van der Waals surface area contributed by atoms with E-state index in [-0.39, 0.29) is 22.3 Å². The Morgan fingerprint density at radius 1 is 1.28 bits per heavy atom. The van der Waals surface area contributed by atoms with E-state index in [1.807, 2.05) is 6.92 Å². The van der Waals surface area contributed by atoms with Crippen LogP contribution in [0.4, 0.5) is 0 Å². The van der Waals surface area contributed by atoms with Crippen molar-refractivity contribution in [2.45, 2.75) is 44.0 Å². The molecule has 9 nitrogen and oxygen atoms in total. The van der Waals surface area contributed by atoms with Crippen LogP contribution in [0.3, 0.4) is 0 Å². The van der Waals surface area contributed by atoms with E-state index in [1.165, 1.54) is 12.1 Å². The van der Waals surface area contributed by atoms with Crippen LogP contribution in [0.1, 0.15) is 48.1 Å². The van der Waals surface area contributed by atoms with Crippen molar-refractivity contribution in [2.24, 2.45) is 5.73 Å². The number of nitrogens with one attached hydrogen (secondary N) is 1. The van der Waals surface area contributed by atoms with Crippen LogP contribution in [0.15, 0.2) is 29.2 Å². The molecule has 1 aromatic carbocycles. The van der Waals surface area contributed by atoms with Crippen LogP contribution in [-0.4, -0.2) is 36.1 Å². The third-order valence-electron chi connectivity index (χ3n) is 4.06. The number of nitrogens with zero attached hydrogens (tertiary/aromatic N) is 2. The number of imidazole rings is 1. The molecule has 0 atom stereocenters. The van der Waals surface area contributed by atoms with Gasteiger partial charge in [-0.1, -0.05) is 37.1 Å². The van der Waals surface area contributed by atoms with E-state index in [9.17, 15) is 22.8 Å². The summed E-state index contributed by atoms with van der Waals surface area (Å²) in [6, 6.07) is 5.75. The van der Waals surface area contributed by atoms with Crippen LogP contribution >= 0.6 is 11.6 Å². The minimum absolute atomic E-state index is 0.127. The first-order chi connectivity index (χ1) is 13.7. The van der Waals surface area contributed by atoms with Gasteiger partial charge in [-0.05, 0) is 24.1 Å². The molecule has 0 aliphatic rings. The van der Waals surface area contributed by atoms with Crippen LogP contribution in [-0.2, 0) is 32.6 Å². The monoisotopic (exact) mass is 440 g/mol. The Hall–Kier alpha value is -2.72. The van der Waals surface area contributed by atoms with E-state index >= 15 is 0 Å². The summed E-state index contributed by atoms with van der Waals surface area (Å²) in [7, 11) is -4.13. The molecule has 11 heteroatoms. The van der Waals surface area contributed by atoms with Crippen molar-refractivity contribution in [3.63, 3.8) is 0 Å². The van der Waals surface area contributed by atoms with Crippen molar-refractivity contribution < 1.29 is 22.8 Å². The van der Waals surface area contributed by atoms with Crippen LogP contribution in [0.5, 0.6) is 0 Å². The van der Waals surface area contributed by atoms with E-state index in [4.69, 9.17) is 17.3 Å². The zero-order valence-corrected chi connectivity index (χ0v) is 17.3. The summed E-state index contributed by atoms with van der Waals surface area (Å²) in [5, 5.41) is 0.127. The molecule has 2 rings (SSSR count). The number of rotatable bonds is 10. The van der Waals surface area contributed by atoms with Gasteiger partial charge < -0.3 is 10.3 Å². The molecule has 1 aromatic heterocycles. The van der Waals surface area contributed by atoms with Crippen molar-refractivity contribution in [3.8, 4) is 0 Å². The van der Waals surface area contributed by atoms with Gasteiger partial charge in [-0.3, -0.25) is 14.4 Å². The standard InChI is InChI=1S/C18H21ClN4O5S/c1-2-3-4-16-21-18(19)14(11-24)23(16)10-12-5-7-13(8-6-12)29(27,28)22-17(26)9-15(20)25/h5-8,11H,2-4,9-10H2,1H3,(H2,20,25)(H,22,26). The molecule has 0 saturated carbocycles. The predicted octanol–water partition coefficient (Wildman–Crippen LogP) is 1.42. The first kappa shape index (κ1) is 22.6. The molecule has 2 amide bonds. The number of halogens is 1. The molecule has 0 aliphatic carbocycles. The number of hydrogen-bond donors (Lipinski definition) is 2. The van der Waals surface area contributed by atoms with Crippen molar-refractivity contribution in [1.29, 1.82) is 0 Å². The Bertz CT molecular complexity index is 1020. The SMILES string of the molecule is CCCCc1nc(Cl)c(C=O)n1Cc1ccc(S(=O)(=O)NC(=O)CC(N)=O)cc1. The fourth-order valence-corrected chi connectivity index (χ4v) is 3.88. The second kappa shape index (κ2) is 9.66. The molecule has 3 N–H and O–H groups in total. The molecule has 0 radical (unpaired) electrons. The van der Waals surface area contributed by atoms with Crippen molar-refractivity contribution in [1.82, 2.24) is 14.3 Å². The Kier molecular flexibility index (Phi) is 7.52. The van der Waals surface area contributed by atoms with E-state index in [1.54, 1.807) is 21.4 Å². The molecule has 0 unspecified atom stereocenters. The minimum atomic E-state index is -4.13. The van der Waals surface area contributed by atoms with E-state index in [0.717, 1.165) is 12.8 Å². The predicted molar refractivity (Wildman–Crippen MR) is 106 cm³/mol. The number of carbonyl (C=O) groups excluding carboxylic acids is 3. The van der Waals surface area contributed by atoms with Crippen molar-refractivity contribution >= 4 is 39.7 Å². The highest BCUT2D eigenvalue weighted by molar-refractivity contribution is 7.90. The number of aldehydes is 1. The Morgan fingerprint density at radius 3 is 2.48 bits per heavy atom. The quantitative estimate of drug-likeness (QED) is 0.422. The van der Waals surface area contributed by atoms with Crippen LogP contribution in [0.2, 0.25) is 5.15 Å². The number of carbonyl (C=O) groups is 3. The molecule has 0 saturated heterocycles. The lowest BCUT2D eigenvalue weighted by molar-refractivity contribution is -0.126. The average Bonchev–Trinajstić information content (AvgIpc) is 2.93. The summed E-state index contributed by atoms with van der Waals surface area (Å²) in [4.78, 5) is 37.7. The fraction of sp³-hybridized carbons (Fsp3) is 0.333. The van der Waals surface area contributed by atoms with Gasteiger partial charge in [0.1, 0.15) is 17.9 Å². The van der Waals surface area contributed by atoms with Gasteiger partial charge >= 0.3 is 0 Å². The highest BCUT2D eigenvalue weighted by Gasteiger charge is 2.19. The Morgan fingerprint density at radius 2 is 1.93 bits per heavy atom. The first-order valence-corrected chi connectivity index (χ1v) is 10.7. The maximum Gasteiger partial charge on any atom is 0.264 e. The maximum atomic E-state index is 12.2. The van der Waals surface area contributed by atoms with Gasteiger partial charge in [-0.2, -0.15) is 0 Å². The number of primary amides is 1. The molecule has 2 aromatic rings. The summed E-state index contributed by atoms with van der Waals surface area (Å²) in [6.45, 7) is 2.32. The normalized spacial score (nSPS) is 11.2. The second-order valence-corrected chi connectivity index (χ2v) is 8.37. The number of sulfonamides is 1. The third kappa shape index (κ3) is 5.88. The number of hydrogen-bond acceptors (Lipinski definition) is 6. The smallest absolute Gasteiger partial charge is 0.264 e. The summed E-state index contributed by atoms with van der Waals surface area (Å²) in [5.74, 6) is -1.27. The van der Waals surface area contributed by atoms with Gasteiger partial charge in [0, 0.05) is 13.0 Å². The van der Waals surface area contributed by atoms with Gasteiger partial charge in [0.05, 0.1) is 4.90 Å². The van der Waals surface area contributed by atoms with Crippen LogP contribution in [0, 0.1) is 0 Å². The average molecular weight is 441 g/mol. The molecular formula is C18H21ClN4O5S. The van der Waals surface area contributed by atoms with E-state index < -0.39 is 28.3 Å². The van der Waals surface area contributed by atoms with Gasteiger partial charge in [0.15, 0.2) is 11.4 Å². The number of aryl methyl sites for hydroxylation is 1. The number of amides is 2. The summed E-state index contributed by atoms with van der Waals surface area (Å²) >= 11 is 6.05. The molecule has 0 bridgehead atoms. The Balaban J connectivity index is 2.22. The lowest BCUT2D eigenvalue weighted by Gasteiger charge is -2.11. The lowest BCUT2D eigenvalue weighted by atomic mass is 10.2. The molecule has 0 spiro atoms. The fourth-order valence-electron chi connectivity index (χ4n) is 2.66. The number of nitrogens with two attached hydrogens (primary N) is 1. The third-order valence-corrected chi connectivity index (χ3v) is 5.73. The summed E-state index contributed by atoms with van der Waals surface area (Å²) < 4.78 is 27.9. The molecule has 0 fully saturated rings. The van der Waals surface area contributed by atoms with Crippen LogP contribution < -0.4 is 10.5 Å². The van der Waals surface area contributed by atoms with Crippen LogP contribution in [0.25, 0.3) is 0 Å². The zero-order valence-electron chi connectivity index (χ0n) is 15.7. The molecule has 1 heterocycles. The molecule has 29 heavy (non-hydrogen) atoms. The van der Waals surface area contributed by atoms with E-state index in [0.29, 0.717) is 24.1 Å². The zero-order chi connectivity index (χ0) is 21.6. The van der Waals surface area contributed by atoms with E-state index in [2.05, 4.69) is 4.98 Å². The molecule has 156 valence electrons. The lowest BCUT2D eigenvalue weighted by Crippen LogP contribution is -2.33. The van der Waals surface area contributed by atoms with Gasteiger partial charge in [-0.15, -0.1) is 0 Å². The topological polar surface area (TPSA) is 141 Å². The maximum absolute atomic E-state index is 12.2. The highest BCUT2D eigenvalue weighted by Crippen LogP contribution is 2.20. The number of aromatic nitrogens is 2. The number of unbranched alkanes of at least 4 members (excludes halogenated alkanes) is 1. The van der Waals surface area contributed by atoms with Crippen molar-refractivity contribution in [3.05, 3.63) is 46.5 Å². The van der Waals surface area contributed by atoms with Gasteiger partial charge in [0.2, 0.25) is 11.8 Å². The van der Waals surface area contributed by atoms with Crippen molar-refractivity contribution in [2.75, 3.05) is 0 Å².